The molecule has 102 valence electrons. The summed E-state index contributed by atoms with van der Waals surface area (Å²) in [7, 11) is 1.57. The van der Waals surface area contributed by atoms with Crippen molar-refractivity contribution in [3.8, 4) is 5.75 Å². The Morgan fingerprint density at radius 3 is 2.74 bits per heavy atom. The maximum Gasteiger partial charge on any atom is 0.254 e. The summed E-state index contributed by atoms with van der Waals surface area (Å²) in [5.74, 6) is 0.660. The molecule has 1 aromatic rings. The molecule has 4 heteroatoms. The molecular weight excluding hydrogens is 242 g/mol. The number of nitrogens with zero attached hydrogens (tertiary/aromatic N) is 1. The molecule has 1 aliphatic rings. The first kappa shape index (κ1) is 13.6. The van der Waals surface area contributed by atoms with Gasteiger partial charge in [0, 0.05) is 17.5 Å². The molecule has 0 N–H and O–H groups in total. The summed E-state index contributed by atoms with van der Waals surface area (Å²) in [5, 5.41) is 0. The average molecular weight is 261 g/mol. The Morgan fingerprint density at radius 1 is 1.37 bits per heavy atom. The van der Waals surface area contributed by atoms with Crippen LogP contribution in [0, 0.1) is 5.41 Å². The fraction of sp³-hybridized carbons (Fsp3) is 0.467. The number of carbonyl (C=O) groups excluding carboxylic acids is 2. The molecule has 1 fully saturated rings. The number of amides is 1. The molecule has 0 aromatic heterocycles. The zero-order valence-electron chi connectivity index (χ0n) is 11.6. The highest BCUT2D eigenvalue weighted by atomic mass is 16.5. The fourth-order valence-electron chi connectivity index (χ4n) is 2.13. The number of piperidine rings is 1. The number of ketones is 1. The van der Waals surface area contributed by atoms with Gasteiger partial charge in [-0.2, -0.15) is 0 Å². The van der Waals surface area contributed by atoms with Gasteiger partial charge in [0.25, 0.3) is 5.91 Å². The van der Waals surface area contributed by atoms with E-state index in [1.807, 2.05) is 13.8 Å². The summed E-state index contributed by atoms with van der Waals surface area (Å²) in [6.07, 6.45) is 0.710. The van der Waals surface area contributed by atoms with Crippen LogP contribution in [0.1, 0.15) is 30.6 Å². The number of hydrogen-bond acceptors (Lipinski definition) is 3. The van der Waals surface area contributed by atoms with E-state index in [1.54, 1.807) is 36.3 Å². The van der Waals surface area contributed by atoms with Gasteiger partial charge in [0.05, 0.1) is 13.7 Å². The van der Waals surface area contributed by atoms with Crippen LogP contribution in [-0.2, 0) is 4.79 Å². The molecule has 0 unspecified atom stereocenters. The van der Waals surface area contributed by atoms with Gasteiger partial charge < -0.3 is 9.64 Å². The predicted octanol–water partition coefficient (Wildman–Crippen LogP) is 2.14. The summed E-state index contributed by atoms with van der Waals surface area (Å²) in [6, 6.07) is 7.02. The van der Waals surface area contributed by atoms with Crippen molar-refractivity contribution in [1.29, 1.82) is 0 Å². The minimum Gasteiger partial charge on any atom is -0.497 e. The smallest absolute Gasteiger partial charge is 0.254 e. The molecule has 2 rings (SSSR count). The summed E-state index contributed by atoms with van der Waals surface area (Å²) >= 11 is 0. The molecule has 0 saturated carbocycles. The molecule has 19 heavy (non-hydrogen) atoms. The highest BCUT2D eigenvalue weighted by molar-refractivity contribution is 5.98. The molecule has 4 nitrogen and oxygen atoms in total. The fourth-order valence-corrected chi connectivity index (χ4v) is 2.13. The van der Waals surface area contributed by atoms with E-state index in [4.69, 9.17) is 4.74 Å². The average Bonchev–Trinajstić information content (AvgIpc) is 2.41. The Bertz CT molecular complexity index is 508. The van der Waals surface area contributed by atoms with Gasteiger partial charge in [-0.15, -0.1) is 0 Å². The number of benzene rings is 1. The zero-order chi connectivity index (χ0) is 14.0. The lowest BCUT2D eigenvalue weighted by Crippen LogP contribution is -2.47. The van der Waals surface area contributed by atoms with E-state index in [0.29, 0.717) is 24.3 Å². The molecule has 1 aliphatic heterocycles. The maximum atomic E-state index is 12.3. The van der Waals surface area contributed by atoms with Crippen LogP contribution in [-0.4, -0.2) is 36.8 Å². The molecule has 0 atom stereocenters. The van der Waals surface area contributed by atoms with Crippen LogP contribution in [0.5, 0.6) is 5.75 Å². The standard InChI is InChI=1S/C15H19NO3/c1-15(2)7-8-16(10-13(15)17)14(18)11-5-4-6-12(9-11)19-3/h4-6,9H,7-8,10H2,1-3H3. The Hall–Kier alpha value is -1.84. The number of methoxy groups -OCH3 is 1. The summed E-state index contributed by atoms with van der Waals surface area (Å²) < 4.78 is 5.11. The minimum atomic E-state index is -0.314. The Kier molecular flexibility index (Phi) is 3.60. The number of Topliss-reactive ketones (excluding diaryl/α,β-unsaturated/α-hetero) is 1. The minimum absolute atomic E-state index is 0.109. The van der Waals surface area contributed by atoms with Gasteiger partial charge in [-0.05, 0) is 24.6 Å². The summed E-state index contributed by atoms with van der Waals surface area (Å²) in [5.41, 5.74) is 0.248. The zero-order valence-corrected chi connectivity index (χ0v) is 11.6. The van der Waals surface area contributed by atoms with Crippen LogP contribution in [0.25, 0.3) is 0 Å². The first-order valence-corrected chi connectivity index (χ1v) is 6.41. The van der Waals surface area contributed by atoms with Crippen molar-refractivity contribution in [3.63, 3.8) is 0 Å². The van der Waals surface area contributed by atoms with Crippen molar-refractivity contribution in [3.05, 3.63) is 29.8 Å². The molecule has 0 spiro atoms. The molecule has 1 aromatic carbocycles. The second-order valence-corrected chi connectivity index (χ2v) is 5.52. The monoisotopic (exact) mass is 261 g/mol. The second kappa shape index (κ2) is 5.03. The summed E-state index contributed by atoms with van der Waals surface area (Å²) in [4.78, 5) is 25.9. The molecule has 0 radical (unpaired) electrons. The molecule has 1 heterocycles. The van der Waals surface area contributed by atoms with Gasteiger partial charge in [0.15, 0.2) is 5.78 Å². The van der Waals surface area contributed by atoms with Crippen molar-refractivity contribution < 1.29 is 14.3 Å². The largest absolute Gasteiger partial charge is 0.497 e. The van der Waals surface area contributed by atoms with Crippen LogP contribution in [0.2, 0.25) is 0 Å². The Balaban J connectivity index is 2.14. The van der Waals surface area contributed by atoms with Crippen LogP contribution in [0.3, 0.4) is 0 Å². The Morgan fingerprint density at radius 2 is 2.11 bits per heavy atom. The number of ether oxygens (including phenoxy) is 1. The first-order chi connectivity index (χ1) is 8.94. The van der Waals surface area contributed by atoms with Gasteiger partial charge in [0.1, 0.15) is 5.75 Å². The maximum absolute atomic E-state index is 12.3. The van der Waals surface area contributed by atoms with Crippen molar-refractivity contribution in [1.82, 2.24) is 4.90 Å². The van der Waals surface area contributed by atoms with E-state index < -0.39 is 0 Å². The summed E-state index contributed by atoms with van der Waals surface area (Å²) in [6.45, 7) is 4.68. The SMILES string of the molecule is COc1cccc(C(=O)N2CCC(C)(C)C(=O)C2)c1. The van der Waals surface area contributed by atoms with E-state index in [1.165, 1.54) is 0 Å². The number of likely N-dealkylation sites (tertiary alicyclic amines) is 1. The van der Waals surface area contributed by atoms with Gasteiger partial charge in [-0.3, -0.25) is 9.59 Å². The first-order valence-electron chi connectivity index (χ1n) is 6.41. The lowest BCUT2D eigenvalue weighted by Gasteiger charge is -2.35. The highest BCUT2D eigenvalue weighted by Gasteiger charge is 2.35. The lowest BCUT2D eigenvalue weighted by atomic mass is 9.81. The number of rotatable bonds is 2. The van der Waals surface area contributed by atoms with Gasteiger partial charge in [0.2, 0.25) is 0 Å². The van der Waals surface area contributed by atoms with Gasteiger partial charge in [-0.1, -0.05) is 19.9 Å². The van der Waals surface area contributed by atoms with Crippen molar-refractivity contribution in [2.24, 2.45) is 5.41 Å². The van der Waals surface area contributed by atoms with Crippen molar-refractivity contribution in [2.45, 2.75) is 20.3 Å². The van der Waals surface area contributed by atoms with E-state index in [2.05, 4.69) is 0 Å². The molecule has 1 amide bonds. The number of hydrogen-bond donors (Lipinski definition) is 0. The molecule has 0 aliphatic carbocycles. The Labute approximate surface area is 113 Å². The van der Waals surface area contributed by atoms with Crippen LogP contribution >= 0.6 is 0 Å². The molecular formula is C15H19NO3. The van der Waals surface area contributed by atoms with Gasteiger partial charge in [-0.25, -0.2) is 0 Å². The molecule has 0 bridgehead atoms. The number of carbonyl (C=O) groups is 2. The van der Waals surface area contributed by atoms with Gasteiger partial charge >= 0.3 is 0 Å². The van der Waals surface area contributed by atoms with E-state index in [0.717, 1.165) is 0 Å². The van der Waals surface area contributed by atoms with E-state index in [9.17, 15) is 9.59 Å². The van der Waals surface area contributed by atoms with Crippen LogP contribution in [0.4, 0.5) is 0 Å². The normalized spacial score (nSPS) is 18.3. The van der Waals surface area contributed by atoms with Crippen LogP contribution in [0.15, 0.2) is 24.3 Å². The topological polar surface area (TPSA) is 46.6 Å². The van der Waals surface area contributed by atoms with Crippen LogP contribution < -0.4 is 4.74 Å². The van der Waals surface area contributed by atoms with Crippen molar-refractivity contribution in [2.75, 3.05) is 20.2 Å². The van der Waals surface area contributed by atoms with E-state index in [-0.39, 0.29) is 23.7 Å². The molecule has 1 saturated heterocycles. The second-order valence-electron chi connectivity index (χ2n) is 5.52. The third-order valence-corrected chi connectivity index (χ3v) is 3.70. The third kappa shape index (κ3) is 2.78. The third-order valence-electron chi connectivity index (χ3n) is 3.70. The van der Waals surface area contributed by atoms with E-state index >= 15 is 0 Å². The van der Waals surface area contributed by atoms with Crippen molar-refractivity contribution >= 4 is 11.7 Å². The quantitative estimate of drug-likeness (QED) is 0.819. The lowest BCUT2D eigenvalue weighted by molar-refractivity contribution is -0.130. The predicted molar refractivity (Wildman–Crippen MR) is 72.3 cm³/mol. The highest BCUT2D eigenvalue weighted by Crippen LogP contribution is 2.27.